The van der Waals surface area contributed by atoms with Crippen molar-refractivity contribution in [2.24, 2.45) is 4.99 Å². The number of aryl methyl sites for hydroxylation is 2. The highest BCUT2D eigenvalue weighted by Gasteiger charge is 2.14. The minimum Gasteiger partial charge on any atom is -0.366 e. The maximum atomic E-state index is 11.8. The van der Waals surface area contributed by atoms with Gasteiger partial charge in [0.2, 0.25) is 10.9 Å². The van der Waals surface area contributed by atoms with Gasteiger partial charge in [0.1, 0.15) is 0 Å². The molecule has 0 aliphatic carbocycles. The van der Waals surface area contributed by atoms with E-state index in [0.717, 1.165) is 28.9 Å². The van der Waals surface area contributed by atoms with Gasteiger partial charge in [0.15, 0.2) is 0 Å². The van der Waals surface area contributed by atoms with Crippen LogP contribution < -0.4 is 4.31 Å². The van der Waals surface area contributed by atoms with E-state index in [1.807, 2.05) is 68.3 Å². The molecular weight excluding hydrogens is 334 g/mol. The molecule has 134 valence electrons. The second kappa shape index (κ2) is 8.67. The summed E-state index contributed by atoms with van der Waals surface area (Å²) in [6, 6.07) is 13.4. The first-order chi connectivity index (χ1) is 11.9. The summed E-state index contributed by atoms with van der Waals surface area (Å²) >= 11 is 0. The third kappa shape index (κ3) is 5.06. The molecule has 6 heteroatoms. The minimum atomic E-state index is -2.74. The third-order valence-corrected chi connectivity index (χ3v) is 4.81. The molecule has 25 heavy (non-hydrogen) atoms. The zero-order valence-electron chi connectivity index (χ0n) is 15.1. The van der Waals surface area contributed by atoms with Gasteiger partial charge in [-0.3, -0.25) is 4.31 Å². The van der Waals surface area contributed by atoms with Gasteiger partial charge in [-0.25, -0.2) is 13.4 Å². The summed E-state index contributed by atoms with van der Waals surface area (Å²) < 4.78 is 25.1. The molecule has 0 fully saturated rings. The van der Waals surface area contributed by atoms with Gasteiger partial charge in [-0.05, 0) is 49.6 Å². The highest BCUT2D eigenvalue weighted by Crippen LogP contribution is 2.30. The van der Waals surface area contributed by atoms with Crippen molar-refractivity contribution in [1.29, 1.82) is 0 Å². The fraction of sp³-hybridized carbons (Fsp3) is 0.316. The fourth-order valence-corrected chi connectivity index (χ4v) is 3.10. The summed E-state index contributed by atoms with van der Waals surface area (Å²) in [5, 5.41) is 0. The second-order valence-electron chi connectivity index (χ2n) is 6.02. The Kier molecular flexibility index (Phi) is 6.58. The molecule has 0 atom stereocenters. The standard InChI is InChI=1S/C19H25N3O2S/c1-5-21(4)14-20-18-11-16(3)19(12-15(18)2)22(25(23)24)13-17-9-7-6-8-10-17/h6-12,14,25H,5,13H2,1-4H3. The Bertz CT molecular complexity index is 809. The summed E-state index contributed by atoms with van der Waals surface area (Å²) in [7, 11) is -0.774. The van der Waals surface area contributed by atoms with Crippen molar-refractivity contribution < 1.29 is 8.42 Å². The summed E-state index contributed by atoms with van der Waals surface area (Å²) in [6.07, 6.45) is 1.79. The van der Waals surface area contributed by atoms with E-state index in [1.165, 1.54) is 4.31 Å². The van der Waals surface area contributed by atoms with Crippen LogP contribution in [0.1, 0.15) is 23.6 Å². The van der Waals surface area contributed by atoms with Crippen molar-refractivity contribution in [3.63, 3.8) is 0 Å². The largest absolute Gasteiger partial charge is 0.366 e. The van der Waals surface area contributed by atoms with Crippen LogP contribution in [-0.4, -0.2) is 33.2 Å². The maximum absolute atomic E-state index is 11.8. The van der Waals surface area contributed by atoms with Gasteiger partial charge in [-0.1, -0.05) is 30.3 Å². The van der Waals surface area contributed by atoms with Gasteiger partial charge < -0.3 is 4.90 Å². The number of rotatable bonds is 7. The molecule has 0 saturated heterocycles. The predicted octanol–water partition coefficient (Wildman–Crippen LogP) is 3.45. The molecule has 2 aromatic rings. The Morgan fingerprint density at radius 2 is 1.76 bits per heavy atom. The number of hydrogen-bond donors (Lipinski definition) is 1. The molecular formula is C19H25N3O2S. The van der Waals surface area contributed by atoms with E-state index >= 15 is 0 Å². The van der Waals surface area contributed by atoms with E-state index in [0.29, 0.717) is 12.2 Å². The predicted molar refractivity (Wildman–Crippen MR) is 105 cm³/mol. The molecule has 0 amide bonds. The van der Waals surface area contributed by atoms with Crippen LogP contribution in [0.4, 0.5) is 11.4 Å². The molecule has 0 unspecified atom stereocenters. The maximum Gasteiger partial charge on any atom is 0.225 e. The van der Waals surface area contributed by atoms with Crippen LogP contribution in [0.2, 0.25) is 0 Å². The number of benzene rings is 2. The zero-order valence-corrected chi connectivity index (χ0v) is 16.0. The second-order valence-corrected chi connectivity index (χ2v) is 6.98. The molecule has 0 saturated carbocycles. The van der Waals surface area contributed by atoms with Crippen molar-refractivity contribution in [2.45, 2.75) is 27.3 Å². The van der Waals surface area contributed by atoms with E-state index in [-0.39, 0.29) is 0 Å². The summed E-state index contributed by atoms with van der Waals surface area (Å²) in [5.41, 5.74) is 4.32. The van der Waals surface area contributed by atoms with Crippen molar-refractivity contribution in [1.82, 2.24) is 4.90 Å². The first kappa shape index (κ1) is 19.0. The lowest BCUT2D eigenvalue weighted by Crippen LogP contribution is -2.21. The van der Waals surface area contributed by atoms with E-state index < -0.39 is 10.9 Å². The van der Waals surface area contributed by atoms with E-state index in [2.05, 4.69) is 11.9 Å². The Morgan fingerprint density at radius 1 is 1.08 bits per heavy atom. The van der Waals surface area contributed by atoms with Crippen molar-refractivity contribution in [3.05, 3.63) is 59.2 Å². The average Bonchev–Trinajstić information content (AvgIpc) is 2.60. The third-order valence-electron chi connectivity index (χ3n) is 4.06. The molecule has 2 rings (SSSR count). The van der Waals surface area contributed by atoms with Crippen molar-refractivity contribution in [3.8, 4) is 0 Å². The number of hydrogen-bond acceptors (Lipinski definition) is 3. The normalized spacial score (nSPS) is 11.2. The van der Waals surface area contributed by atoms with Crippen LogP contribution in [0.3, 0.4) is 0 Å². The Hall–Kier alpha value is -2.34. The highest BCUT2D eigenvalue weighted by molar-refractivity contribution is 7.74. The molecule has 0 radical (unpaired) electrons. The molecule has 0 aliphatic heterocycles. The van der Waals surface area contributed by atoms with Gasteiger partial charge in [0.05, 0.1) is 24.3 Å². The first-order valence-corrected chi connectivity index (χ1v) is 9.36. The van der Waals surface area contributed by atoms with E-state index in [9.17, 15) is 8.42 Å². The molecule has 0 aromatic heterocycles. The lowest BCUT2D eigenvalue weighted by atomic mass is 10.1. The van der Waals surface area contributed by atoms with Crippen LogP contribution in [0, 0.1) is 13.8 Å². The molecule has 0 N–H and O–H groups in total. The van der Waals surface area contributed by atoms with Gasteiger partial charge >= 0.3 is 0 Å². The molecule has 0 heterocycles. The van der Waals surface area contributed by atoms with Gasteiger partial charge in [-0.2, -0.15) is 0 Å². The molecule has 2 aromatic carbocycles. The van der Waals surface area contributed by atoms with Gasteiger partial charge in [0, 0.05) is 13.6 Å². The molecule has 0 aliphatic rings. The lowest BCUT2D eigenvalue weighted by molar-refractivity contribution is 0.552. The van der Waals surface area contributed by atoms with Gasteiger partial charge in [-0.15, -0.1) is 0 Å². The number of anilines is 1. The Labute approximate surface area is 151 Å². The first-order valence-electron chi connectivity index (χ1n) is 8.23. The Balaban J connectivity index is 2.36. The summed E-state index contributed by atoms with van der Waals surface area (Å²) in [5.74, 6) is 0. The number of aliphatic imine (C=N–C) groups is 1. The average molecular weight is 359 g/mol. The summed E-state index contributed by atoms with van der Waals surface area (Å²) in [6.45, 7) is 7.11. The van der Waals surface area contributed by atoms with Crippen LogP contribution in [0.15, 0.2) is 47.5 Å². The highest BCUT2D eigenvalue weighted by atomic mass is 32.2. The van der Waals surface area contributed by atoms with Gasteiger partial charge in [0.25, 0.3) is 0 Å². The quantitative estimate of drug-likeness (QED) is 0.468. The number of thiol groups is 1. The fourth-order valence-electron chi connectivity index (χ4n) is 2.43. The topological polar surface area (TPSA) is 53.0 Å². The molecule has 0 bridgehead atoms. The zero-order chi connectivity index (χ0) is 18.4. The molecule has 5 nitrogen and oxygen atoms in total. The van der Waals surface area contributed by atoms with Crippen molar-refractivity contribution in [2.75, 3.05) is 17.9 Å². The smallest absolute Gasteiger partial charge is 0.225 e. The summed E-state index contributed by atoms with van der Waals surface area (Å²) in [4.78, 5) is 6.48. The lowest BCUT2D eigenvalue weighted by Gasteiger charge is -2.21. The SMILES string of the molecule is CCN(C)C=Nc1cc(C)c(N(Cc2ccccc2)[SH](=O)=O)cc1C. The monoisotopic (exact) mass is 359 g/mol. The Morgan fingerprint density at radius 3 is 2.36 bits per heavy atom. The van der Waals surface area contributed by atoms with E-state index in [1.54, 1.807) is 6.34 Å². The van der Waals surface area contributed by atoms with E-state index in [4.69, 9.17) is 0 Å². The molecule has 0 spiro atoms. The van der Waals surface area contributed by atoms with Crippen LogP contribution >= 0.6 is 0 Å². The van der Waals surface area contributed by atoms with Crippen LogP contribution in [-0.2, 0) is 17.4 Å². The van der Waals surface area contributed by atoms with Crippen LogP contribution in [0.5, 0.6) is 0 Å². The van der Waals surface area contributed by atoms with Crippen LogP contribution in [0.25, 0.3) is 0 Å². The minimum absolute atomic E-state index is 0.320. The van der Waals surface area contributed by atoms with Crippen molar-refractivity contribution >= 4 is 28.6 Å². The number of nitrogens with zero attached hydrogens (tertiary/aromatic N) is 3.